The topological polar surface area (TPSA) is 67.4 Å². The van der Waals surface area contributed by atoms with Crippen molar-refractivity contribution in [2.75, 3.05) is 19.8 Å². The average Bonchev–Trinajstić information content (AvgIpc) is 3.15. The Kier molecular flexibility index (Phi) is 4.86. The molecule has 3 heterocycles. The van der Waals surface area contributed by atoms with Crippen LogP contribution >= 0.6 is 22.6 Å². The number of halogens is 1. The van der Waals surface area contributed by atoms with E-state index in [1.54, 1.807) is 0 Å². The number of aromatic amines is 1. The van der Waals surface area contributed by atoms with E-state index in [-0.39, 0.29) is 17.6 Å². The molecule has 7 heteroatoms. The highest BCUT2D eigenvalue weighted by molar-refractivity contribution is 14.1. The van der Waals surface area contributed by atoms with Gasteiger partial charge >= 0.3 is 6.09 Å². The molecule has 0 bridgehead atoms. The number of benzene rings is 1. The lowest BCUT2D eigenvalue weighted by atomic mass is 9.80. The number of hydrogen-bond donors (Lipinski definition) is 1. The van der Waals surface area contributed by atoms with Crippen molar-refractivity contribution in [3.63, 3.8) is 0 Å². The van der Waals surface area contributed by atoms with E-state index >= 15 is 0 Å². The highest BCUT2D eigenvalue weighted by atomic mass is 127. The number of carbonyl (C=O) groups is 1. The molecule has 4 rings (SSSR count). The van der Waals surface area contributed by atoms with Crippen LogP contribution in [-0.2, 0) is 9.47 Å². The molecule has 2 saturated heterocycles. The second-order valence-corrected chi connectivity index (χ2v) is 10.0. The summed E-state index contributed by atoms with van der Waals surface area (Å²) in [4.78, 5) is 23.0. The lowest BCUT2D eigenvalue weighted by Gasteiger charge is -2.33. The van der Waals surface area contributed by atoms with Crippen molar-refractivity contribution >= 4 is 39.7 Å². The summed E-state index contributed by atoms with van der Waals surface area (Å²) in [7, 11) is 0. The number of nitrogens with one attached hydrogen (secondary N) is 1. The summed E-state index contributed by atoms with van der Waals surface area (Å²) in [6.07, 6.45) is 2.68. The third-order valence-electron chi connectivity index (χ3n) is 5.32. The summed E-state index contributed by atoms with van der Waals surface area (Å²) < 4.78 is 12.6. The monoisotopic (exact) mass is 483 g/mol. The molecule has 2 atom stereocenters. The second-order valence-electron chi connectivity index (χ2n) is 8.77. The van der Waals surface area contributed by atoms with E-state index in [0.29, 0.717) is 13.2 Å². The first-order valence-electron chi connectivity index (χ1n) is 9.47. The van der Waals surface area contributed by atoms with Crippen LogP contribution in [0.3, 0.4) is 0 Å². The molecule has 1 spiro atoms. The summed E-state index contributed by atoms with van der Waals surface area (Å²) in [5.74, 6) is 0.834. The largest absolute Gasteiger partial charge is 0.444 e. The van der Waals surface area contributed by atoms with Crippen LogP contribution in [0.5, 0.6) is 0 Å². The molecule has 1 aromatic heterocycles. The summed E-state index contributed by atoms with van der Waals surface area (Å²) >= 11 is 2.30. The number of fused-ring (bicyclic) bond motifs is 1. The van der Waals surface area contributed by atoms with Gasteiger partial charge in [0.1, 0.15) is 11.4 Å². The Bertz CT molecular complexity index is 852. The van der Waals surface area contributed by atoms with Crippen molar-refractivity contribution in [3.05, 3.63) is 27.6 Å². The Morgan fingerprint density at radius 3 is 2.96 bits per heavy atom. The van der Waals surface area contributed by atoms with Crippen molar-refractivity contribution in [1.29, 1.82) is 0 Å². The van der Waals surface area contributed by atoms with E-state index in [9.17, 15) is 4.79 Å². The van der Waals surface area contributed by atoms with Gasteiger partial charge in [-0.1, -0.05) is 0 Å². The van der Waals surface area contributed by atoms with Gasteiger partial charge in [-0.25, -0.2) is 9.78 Å². The van der Waals surface area contributed by atoms with Crippen molar-refractivity contribution in [2.24, 2.45) is 5.41 Å². The van der Waals surface area contributed by atoms with Crippen LogP contribution in [0.1, 0.15) is 51.9 Å². The quantitative estimate of drug-likeness (QED) is 0.600. The molecule has 1 amide bonds. The Labute approximate surface area is 173 Å². The van der Waals surface area contributed by atoms with E-state index in [1.165, 1.54) is 0 Å². The van der Waals surface area contributed by atoms with Crippen LogP contribution in [0.25, 0.3) is 11.0 Å². The lowest BCUT2D eigenvalue weighted by Crippen LogP contribution is -2.40. The van der Waals surface area contributed by atoms with Gasteiger partial charge in [0.2, 0.25) is 0 Å². The first-order valence-corrected chi connectivity index (χ1v) is 10.6. The molecule has 6 nitrogen and oxygen atoms in total. The maximum atomic E-state index is 13.0. The fraction of sp³-hybridized carbons (Fsp3) is 0.600. The number of rotatable bonds is 1. The number of imidazole rings is 1. The van der Waals surface area contributed by atoms with Gasteiger partial charge in [-0.15, -0.1) is 0 Å². The number of H-pyrrole nitrogens is 1. The maximum Gasteiger partial charge on any atom is 0.410 e. The lowest BCUT2D eigenvalue weighted by molar-refractivity contribution is -0.00754. The third-order valence-corrected chi connectivity index (χ3v) is 5.99. The van der Waals surface area contributed by atoms with Gasteiger partial charge in [-0.3, -0.25) is 4.90 Å². The van der Waals surface area contributed by atoms with E-state index < -0.39 is 5.60 Å². The van der Waals surface area contributed by atoms with E-state index in [1.807, 2.05) is 37.8 Å². The van der Waals surface area contributed by atoms with Crippen LogP contribution in [0.15, 0.2) is 18.2 Å². The number of carbonyl (C=O) groups excluding carboxylic acids is 1. The van der Waals surface area contributed by atoms with Gasteiger partial charge in [-0.2, -0.15) is 0 Å². The predicted octanol–water partition coefficient (Wildman–Crippen LogP) is 4.65. The number of likely N-dealkylation sites (tertiary alicyclic amines) is 1. The van der Waals surface area contributed by atoms with Crippen molar-refractivity contribution in [2.45, 2.75) is 51.7 Å². The van der Waals surface area contributed by atoms with Gasteiger partial charge < -0.3 is 14.5 Å². The molecule has 0 radical (unpaired) electrons. The molecular weight excluding hydrogens is 457 g/mol. The molecule has 1 N–H and O–H groups in total. The Balaban J connectivity index is 1.68. The van der Waals surface area contributed by atoms with Crippen LogP contribution in [-0.4, -0.2) is 46.3 Å². The summed E-state index contributed by atoms with van der Waals surface area (Å²) in [6, 6.07) is 6.03. The molecule has 27 heavy (non-hydrogen) atoms. The zero-order valence-electron chi connectivity index (χ0n) is 16.0. The molecule has 1 aromatic carbocycles. The third kappa shape index (κ3) is 3.94. The van der Waals surface area contributed by atoms with Gasteiger partial charge in [0.25, 0.3) is 0 Å². The maximum absolute atomic E-state index is 13.0. The van der Waals surface area contributed by atoms with Crippen molar-refractivity contribution < 1.29 is 14.3 Å². The summed E-state index contributed by atoms with van der Waals surface area (Å²) in [5.41, 5.74) is 1.40. The van der Waals surface area contributed by atoms with Crippen LogP contribution < -0.4 is 0 Å². The smallest absolute Gasteiger partial charge is 0.410 e. The van der Waals surface area contributed by atoms with Crippen molar-refractivity contribution in [1.82, 2.24) is 14.9 Å². The highest BCUT2D eigenvalue weighted by Crippen LogP contribution is 2.47. The summed E-state index contributed by atoms with van der Waals surface area (Å²) in [6.45, 7) is 7.86. The molecule has 146 valence electrons. The number of ether oxygens (including phenoxy) is 2. The second kappa shape index (κ2) is 6.92. The number of nitrogens with zero attached hydrogens (tertiary/aromatic N) is 2. The van der Waals surface area contributed by atoms with E-state index in [4.69, 9.17) is 14.5 Å². The van der Waals surface area contributed by atoms with E-state index in [2.05, 4.69) is 33.6 Å². The molecule has 2 aromatic rings. The first kappa shape index (κ1) is 19.0. The predicted molar refractivity (Wildman–Crippen MR) is 112 cm³/mol. The van der Waals surface area contributed by atoms with Crippen LogP contribution in [0.4, 0.5) is 4.79 Å². The van der Waals surface area contributed by atoms with Gasteiger partial charge in [0, 0.05) is 22.1 Å². The molecular formula is C20H26IN3O3. The molecule has 0 unspecified atom stereocenters. The first-order chi connectivity index (χ1) is 12.7. The number of hydrogen-bond acceptors (Lipinski definition) is 4. The van der Waals surface area contributed by atoms with Crippen molar-refractivity contribution in [3.8, 4) is 0 Å². The minimum absolute atomic E-state index is 0.00673. The molecule has 2 fully saturated rings. The Morgan fingerprint density at radius 1 is 1.44 bits per heavy atom. The minimum Gasteiger partial charge on any atom is -0.444 e. The van der Waals surface area contributed by atoms with E-state index in [0.717, 1.165) is 46.3 Å². The standard InChI is InChI=1S/C20H26IN3O3/c1-19(2,3)27-18(25)24-11-20(7-4-8-26-12-20)10-16(24)17-22-14-6-5-13(21)9-15(14)23-17/h5-6,9,16H,4,7-8,10-12H2,1-3H3,(H,22,23)/t16-,20-/m0/s1. The van der Waals surface area contributed by atoms with Gasteiger partial charge in [0.15, 0.2) is 0 Å². The van der Waals surface area contributed by atoms with Crippen LogP contribution in [0.2, 0.25) is 0 Å². The number of amides is 1. The fourth-order valence-electron chi connectivity index (χ4n) is 4.17. The Hall–Kier alpha value is -1.35. The minimum atomic E-state index is -0.523. The summed E-state index contributed by atoms with van der Waals surface area (Å²) in [5, 5.41) is 0. The van der Waals surface area contributed by atoms with Gasteiger partial charge in [-0.05, 0) is 80.8 Å². The highest BCUT2D eigenvalue weighted by Gasteiger charge is 2.49. The average molecular weight is 483 g/mol. The van der Waals surface area contributed by atoms with Gasteiger partial charge in [0.05, 0.1) is 23.7 Å². The molecule has 2 aliphatic heterocycles. The SMILES string of the molecule is CC(C)(C)OC(=O)N1C[C@]2(CCCOC2)C[C@H]1c1nc2ccc(I)cc2[nH]1. The Morgan fingerprint density at radius 2 is 2.26 bits per heavy atom. The molecule has 0 aliphatic carbocycles. The van der Waals surface area contributed by atoms with Crippen LogP contribution in [0, 0.1) is 8.99 Å². The normalized spacial score (nSPS) is 26.1. The number of aromatic nitrogens is 2. The molecule has 0 saturated carbocycles. The zero-order valence-corrected chi connectivity index (χ0v) is 18.2. The fourth-order valence-corrected chi connectivity index (χ4v) is 4.66. The zero-order chi connectivity index (χ0) is 19.2. The molecule has 2 aliphatic rings.